The van der Waals surface area contributed by atoms with Gasteiger partial charge in [-0.3, -0.25) is 4.79 Å². The SMILES string of the molecule is COc1cccc(N(C)C(=O)C(C)(C)C)c1. The summed E-state index contributed by atoms with van der Waals surface area (Å²) in [7, 11) is 3.40. The predicted molar refractivity (Wildman–Crippen MR) is 65.9 cm³/mol. The average molecular weight is 221 g/mol. The fourth-order valence-electron chi connectivity index (χ4n) is 1.44. The van der Waals surface area contributed by atoms with Crippen LogP contribution in [0.5, 0.6) is 5.75 Å². The first-order chi connectivity index (χ1) is 7.36. The second kappa shape index (κ2) is 4.56. The lowest BCUT2D eigenvalue weighted by atomic mass is 9.95. The van der Waals surface area contributed by atoms with Crippen LogP contribution in [0, 0.1) is 5.41 Å². The zero-order valence-corrected chi connectivity index (χ0v) is 10.6. The smallest absolute Gasteiger partial charge is 0.232 e. The summed E-state index contributed by atoms with van der Waals surface area (Å²) in [4.78, 5) is 13.7. The normalized spacial score (nSPS) is 11.1. The number of benzene rings is 1. The van der Waals surface area contributed by atoms with Crippen molar-refractivity contribution in [3.8, 4) is 5.75 Å². The van der Waals surface area contributed by atoms with Crippen molar-refractivity contribution in [2.45, 2.75) is 20.8 Å². The van der Waals surface area contributed by atoms with Crippen LogP contribution in [0.1, 0.15) is 20.8 Å². The second-order valence-corrected chi connectivity index (χ2v) is 4.82. The van der Waals surface area contributed by atoms with Gasteiger partial charge in [0.2, 0.25) is 5.91 Å². The molecule has 88 valence electrons. The summed E-state index contributed by atoms with van der Waals surface area (Å²) in [6, 6.07) is 7.48. The number of methoxy groups -OCH3 is 1. The lowest BCUT2D eigenvalue weighted by Gasteiger charge is -2.26. The van der Waals surface area contributed by atoms with Crippen LogP contribution in [0.25, 0.3) is 0 Å². The molecule has 0 fully saturated rings. The number of amides is 1. The quantitative estimate of drug-likeness (QED) is 0.768. The maximum Gasteiger partial charge on any atom is 0.232 e. The molecule has 1 aromatic rings. The molecular formula is C13H19NO2. The monoisotopic (exact) mass is 221 g/mol. The molecule has 0 unspecified atom stereocenters. The summed E-state index contributed by atoms with van der Waals surface area (Å²) in [6.45, 7) is 5.73. The molecule has 0 aliphatic heterocycles. The summed E-state index contributed by atoms with van der Waals surface area (Å²) in [5, 5.41) is 0. The van der Waals surface area contributed by atoms with Gasteiger partial charge in [0.1, 0.15) is 5.75 Å². The van der Waals surface area contributed by atoms with E-state index in [1.165, 1.54) is 0 Å². The van der Waals surface area contributed by atoms with Crippen molar-refractivity contribution in [1.82, 2.24) is 0 Å². The van der Waals surface area contributed by atoms with Crippen molar-refractivity contribution in [3.63, 3.8) is 0 Å². The van der Waals surface area contributed by atoms with Crippen LogP contribution in [0.4, 0.5) is 5.69 Å². The summed E-state index contributed by atoms with van der Waals surface area (Å²) in [5.74, 6) is 0.840. The molecule has 1 aromatic carbocycles. The number of anilines is 1. The molecule has 0 bridgehead atoms. The standard InChI is InChI=1S/C13H19NO2/c1-13(2,3)12(15)14(4)10-7-6-8-11(9-10)16-5/h6-9H,1-5H3. The largest absolute Gasteiger partial charge is 0.497 e. The molecule has 3 heteroatoms. The third-order valence-corrected chi connectivity index (χ3v) is 2.39. The summed E-state index contributed by atoms with van der Waals surface area (Å²) in [5.41, 5.74) is 0.469. The van der Waals surface area contributed by atoms with Crippen LogP contribution in [-0.2, 0) is 4.79 Å². The van der Waals surface area contributed by atoms with Gasteiger partial charge in [0, 0.05) is 24.2 Å². The summed E-state index contributed by atoms with van der Waals surface area (Å²) < 4.78 is 5.13. The van der Waals surface area contributed by atoms with Crippen LogP contribution in [0.2, 0.25) is 0 Å². The van der Waals surface area contributed by atoms with Gasteiger partial charge >= 0.3 is 0 Å². The fourth-order valence-corrected chi connectivity index (χ4v) is 1.44. The summed E-state index contributed by atoms with van der Waals surface area (Å²) in [6.07, 6.45) is 0. The van der Waals surface area contributed by atoms with Crippen LogP contribution < -0.4 is 9.64 Å². The van der Waals surface area contributed by atoms with Gasteiger partial charge in [0.05, 0.1) is 7.11 Å². The first-order valence-corrected chi connectivity index (χ1v) is 5.28. The van der Waals surface area contributed by atoms with E-state index in [2.05, 4.69) is 0 Å². The van der Waals surface area contributed by atoms with Crippen LogP contribution in [0.15, 0.2) is 24.3 Å². The molecular weight excluding hydrogens is 202 g/mol. The molecule has 0 radical (unpaired) electrons. The molecule has 1 rings (SSSR count). The predicted octanol–water partition coefficient (Wildman–Crippen LogP) is 2.70. The lowest BCUT2D eigenvalue weighted by Crippen LogP contribution is -2.36. The molecule has 1 amide bonds. The minimum atomic E-state index is -0.377. The van der Waals surface area contributed by atoms with Crippen molar-refractivity contribution < 1.29 is 9.53 Å². The maximum absolute atomic E-state index is 12.0. The minimum absolute atomic E-state index is 0.0840. The van der Waals surface area contributed by atoms with Gasteiger partial charge in [-0.15, -0.1) is 0 Å². The third kappa shape index (κ3) is 2.75. The third-order valence-electron chi connectivity index (χ3n) is 2.39. The zero-order chi connectivity index (χ0) is 12.3. The molecule has 0 spiro atoms. The van der Waals surface area contributed by atoms with Crippen molar-refractivity contribution in [2.24, 2.45) is 5.41 Å². The Hall–Kier alpha value is -1.51. The van der Waals surface area contributed by atoms with E-state index < -0.39 is 0 Å². The Morgan fingerprint density at radius 1 is 1.31 bits per heavy atom. The molecule has 16 heavy (non-hydrogen) atoms. The number of ether oxygens (including phenoxy) is 1. The van der Waals surface area contributed by atoms with Gasteiger partial charge in [-0.2, -0.15) is 0 Å². The molecule has 3 nitrogen and oxygen atoms in total. The number of rotatable bonds is 2. The van der Waals surface area contributed by atoms with Crippen molar-refractivity contribution in [3.05, 3.63) is 24.3 Å². The van der Waals surface area contributed by atoms with E-state index in [1.54, 1.807) is 19.1 Å². The zero-order valence-electron chi connectivity index (χ0n) is 10.6. The van der Waals surface area contributed by atoms with Gasteiger partial charge < -0.3 is 9.64 Å². The van der Waals surface area contributed by atoms with Crippen LogP contribution in [0.3, 0.4) is 0 Å². The molecule has 0 aliphatic carbocycles. The Morgan fingerprint density at radius 2 is 1.94 bits per heavy atom. The summed E-state index contributed by atoms with van der Waals surface area (Å²) >= 11 is 0. The average Bonchev–Trinajstić information content (AvgIpc) is 2.26. The van der Waals surface area contributed by atoms with E-state index in [0.29, 0.717) is 0 Å². The molecule has 0 N–H and O–H groups in total. The first kappa shape index (κ1) is 12.6. The molecule has 0 atom stereocenters. The molecule has 0 aliphatic rings. The maximum atomic E-state index is 12.0. The van der Waals surface area contributed by atoms with E-state index in [0.717, 1.165) is 11.4 Å². The van der Waals surface area contributed by atoms with E-state index in [1.807, 2.05) is 45.0 Å². The highest BCUT2D eigenvalue weighted by Crippen LogP contribution is 2.24. The Kier molecular flexibility index (Phi) is 3.58. The number of carbonyl (C=O) groups excluding carboxylic acids is 1. The van der Waals surface area contributed by atoms with E-state index in [-0.39, 0.29) is 11.3 Å². The van der Waals surface area contributed by atoms with Crippen molar-refractivity contribution in [1.29, 1.82) is 0 Å². The van der Waals surface area contributed by atoms with Crippen molar-refractivity contribution in [2.75, 3.05) is 19.1 Å². The van der Waals surface area contributed by atoms with Gasteiger partial charge in [-0.1, -0.05) is 26.8 Å². The highest BCUT2D eigenvalue weighted by Gasteiger charge is 2.25. The molecule has 0 saturated carbocycles. The molecule has 0 heterocycles. The topological polar surface area (TPSA) is 29.5 Å². The molecule has 0 aromatic heterocycles. The number of nitrogens with zero attached hydrogens (tertiary/aromatic N) is 1. The Balaban J connectivity index is 2.96. The first-order valence-electron chi connectivity index (χ1n) is 5.28. The minimum Gasteiger partial charge on any atom is -0.497 e. The van der Waals surface area contributed by atoms with Crippen molar-refractivity contribution >= 4 is 11.6 Å². The van der Waals surface area contributed by atoms with Gasteiger partial charge in [-0.25, -0.2) is 0 Å². The number of hydrogen-bond acceptors (Lipinski definition) is 2. The van der Waals surface area contributed by atoms with E-state index in [9.17, 15) is 4.79 Å². The van der Waals surface area contributed by atoms with E-state index >= 15 is 0 Å². The Bertz CT molecular complexity index is 380. The highest BCUT2D eigenvalue weighted by molar-refractivity contribution is 5.96. The van der Waals surface area contributed by atoms with Gasteiger partial charge in [0.15, 0.2) is 0 Å². The van der Waals surface area contributed by atoms with Gasteiger partial charge in [0.25, 0.3) is 0 Å². The van der Waals surface area contributed by atoms with Crippen LogP contribution in [-0.4, -0.2) is 20.1 Å². The Labute approximate surface area is 97.0 Å². The highest BCUT2D eigenvalue weighted by atomic mass is 16.5. The van der Waals surface area contributed by atoms with Crippen LogP contribution >= 0.6 is 0 Å². The Morgan fingerprint density at radius 3 is 2.44 bits per heavy atom. The van der Waals surface area contributed by atoms with E-state index in [4.69, 9.17) is 4.74 Å². The fraction of sp³-hybridized carbons (Fsp3) is 0.462. The number of hydrogen-bond donors (Lipinski definition) is 0. The lowest BCUT2D eigenvalue weighted by molar-refractivity contribution is -0.125. The molecule has 0 saturated heterocycles. The second-order valence-electron chi connectivity index (χ2n) is 4.82. The number of carbonyl (C=O) groups is 1. The van der Waals surface area contributed by atoms with Gasteiger partial charge in [-0.05, 0) is 12.1 Å².